The van der Waals surface area contributed by atoms with Gasteiger partial charge in [-0.3, -0.25) is 0 Å². The van der Waals surface area contributed by atoms with Crippen molar-refractivity contribution in [2.45, 2.75) is 19.3 Å². The summed E-state index contributed by atoms with van der Waals surface area (Å²) in [6, 6.07) is 1.86. The lowest BCUT2D eigenvalue weighted by molar-refractivity contribution is -0.140. The van der Waals surface area contributed by atoms with Crippen molar-refractivity contribution in [1.82, 2.24) is 4.90 Å². The average molecular weight is 308 g/mol. The van der Waals surface area contributed by atoms with E-state index in [2.05, 4.69) is 4.90 Å². The van der Waals surface area contributed by atoms with Crippen LogP contribution in [0.25, 0.3) is 0 Å². The number of piperidine rings is 1. The van der Waals surface area contributed by atoms with E-state index in [4.69, 9.17) is 19.5 Å². The predicted molar refractivity (Wildman–Crippen MR) is 81.9 cm³/mol. The number of carbonyl (C=O) groups is 1. The molecule has 0 aromatic carbocycles. The van der Waals surface area contributed by atoms with Crippen molar-refractivity contribution < 1.29 is 19.0 Å². The van der Waals surface area contributed by atoms with Gasteiger partial charge in [0, 0.05) is 20.2 Å². The van der Waals surface area contributed by atoms with E-state index in [9.17, 15) is 4.79 Å². The number of hydrogen-bond donors (Lipinski definition) is 0. The van der Waals surface area contributed by atoms with Crippen LogP contribution in [0.3, 0.4) is 0 Å². The second-order valence-corrected chi connectivity index (χ2v) is 4.87. The Labute approximate surface area is 131 Å². The number of nitriles is 1. The topological polar surface area (TPSA) is 71.8 Å². The Balaban J connectivity index is 2.29. The van der Waals surface area contributed by atoms with Crippen molar-refractivity contribution in [3.8, 4) is 6.07 Å². The van der Waals surface area contributed by atoms with Crippen LogP contribution in [0, 0.1) is 11.3 Å². The zero-order chi connectivity index (χ0) is 16.0. The molecule has 0 aromatic rings. The molecule has 6 nitrogen and oxygen atoms in total. The summed E-state index contributed by atoms with van der Waals surface area (Å²) in [6.07, 6.45) is 8.76. The van der Waals surface area contributed by atoms with E-state index in [-0.39, 0.29) is 18.8 Å². The summed E-state index contributed by atoms with van der Waals surface area (Å²) in [5.74, 6) is -0.624. The Morgan fingerprint density at radius 3 is 2.59 bits per heavy atom. The molecule has 0 aliphatic carbocycles. The molecular weight excluding hydrogens is 284 g/mol. The van der Waals surface area contributed by atoms with Gasteiger partial charge in [0.2, 0.25) is 0 Å². The molecule has 0 N–H and O–H groups in total. The highest BCUT2D eigenvalue weighted by atomic mass is 16.6. The monoisotopic (exact) mass is 308 g/mol. The Hall–Kier alpha value is -1.84. The second kappa shape index (κ2) is 11.8. The summed E-state index contributed by atoms with van der Waals surface area (Å²) in [4.78, 5) is 13.9. The van der Waals surface area contributed by atoms with E-state index >= 15 is 0 Å². The highest BCUT2D eigenvalue weighted by Crippen LogP contribution is 2.09. The number of esters is 1. The molecule has 0 atom stereocenters. The number of methoxy groups -OCH3 is 1. The van der Waals surface area contributed by atoms with E-state index in [1.807, 2.05) is 12.3 Å². The van der Waals surface area contributed by atoms with Crippen LogP contribution in [0.15, 0.2) is 23.9 Å². The minimum absolute atomic E-state index is 0.00912. The van der Waals surface area contributed by atoms with Gasteiger partial charge in [0.15, 0.2) is 0 Å². The molecule has 1 aliphatic rings. The number of ether oxygens (including phenoxy) is 3. The highest BCUT2D eigenvalue weighted by molar-refractivity contribution is 5.93. The fourth-order valence-electron chi connectivity index (χ4n) is 1.99. The van der Waals surface area contributed by atoms with Gasteiger partial charge in [0.05, 0.1) is 19.8 Å². The van der Waals surface area contributed by atoms with Gasteiger partial charge in [0.25, 0.3) is 0 Å². The van der Waals surface area contributed by atoms with Crippen molar-refractivity contribution in [2.75, 3.05) is 46.6 Å². The summed E-state index contributed by atoms with van der Waals surface area (Å²) in [7, 11) is 1.59. The van der Waals surface area contributed by atoms with Gasteiger partial charge in [0.1, 0.15) is 18.2 Å². The molecule has 22 heavy (non-hydrogen) atoms. The predicted octanol–water partition coefficient (Wildman–Crippen LogP) is 1.64. The van der Waals surface area contributed by atoms with Crippen LogP contribution in [0.1, 0.15) is 19.3 Å². The minimum Gasteiger partial charge on any atom is -0.459 e. The lowest BCUT2D eigenvalue weighted by Crippen LogP contribution is -2.23. The zero-order valence-electron chi connectivity index (χ0n) is 13.1. The van der Waals surface area contributed by atoms with Crippen LogP contribution in [0.4, 0.5) is 0 Å². The first kappa shape index (κ1) is 18.2. The molecule has 1 rings (SSSR count). The number of carbonyl (C=O) groups excluding carboxylic acids is 1. The number of hydrogen-bond acceptors (Lipinski definition) is 6. The molecule has 1 fully saturated rings. The van der Waals surface area contributed by atoms with Gasteiger partial charge in [-0.25, -0.2) is 4.79 Å². The molecule has 0 unspecified atom stereocenters. The van der Waals surface area contributed by atoms with Crippen LogP contribution >= 0.6 is 0 Å². The SMILES string of the molecule is COCCOCCOC(=O)/C(C#N)=C/C=C/N1CCCCC1. The van der Waals surface area contributed by atoms with Crippen LogP contribution in [0.5, 0.6) is 0 Å². The van der Waals surface area contributed by atoms with Crippen LogP contribution in [-0.2, 0) is 19.0 Å². The smallest absolute Gasteiger partial charge is 0.348 e. The third-order valence-electron chi connectivity index (χ3n) is 3.18. The van der Waals surface area contributed by atoms with E-state index in [1.54, 1.807) is 13.2 Å². The third-order valence-corrected chi connectivity index (χ3v) is 3.18. The number of rotatable bonds is 9. The summed E-state index contributed by atoms with van der Waals surface area (Å²) in [5.41, 5.74) is -0.00912. The lowest BCUT2D eigenvalue weighted by atomic mass is 10.1. The number of likely N-dealkylation sites (tertiary alicyclic amines) is 1. The summed E-state index contributed by atoms with van der Waals surface area (Å²) in [6.45, 7) is 3.41. The maximum atomic E-state index is 11.7. The molecule has 1 aliphatic heterocycles. The van der Waals surface area contributed by atoms with E-state index in [0.717, 1.165) is 13.1 Å². The molecule has 0 saturated carbocycles. The molecule has 122 valence electrons. The lowest BCUT2D eigenvalue weighted by Gasteiger charge is -2.24. The Kier molecular flexibility index (Phi) is 9.75. The maximum absolute atomic E-state index is 11.7. The number of allylic oxidation sites excluding steroid dienone is 2. The first-order chi connectivity index (χ1) is 10.8. The maximum Gasteiger partial charge on any atom is 0.348 e. The van der Waals surface area contributed by atoms with Gasteiger partial charge < -0.3 is 19.1 Å². The Morgan fingerprint density at radius 2 is 1.91 bits per heavy atom. The quantitative estimate of drug-likeness (QED) is 0.212. The molecule has 1 saturated heterocycles. The molecule has 0 amide bonds. The molecule has 1 heterocycles. The van der Waals surface area contributed by atoms with Gasteiger partial charge in [-0.05, 0) is 37.6 Å². The third kappa shape index (κ3) is 7.81. The van der Waals surface area contributed by atoms with E-state index in [1.165, 1.54) is 25.3 Å². The fourth-order valence-corrected chi connectivity index (χ4v) is 1.99. The Morgan fingerprint density at radius 1 is 1.18 bits per heavy atom. The molecule has 6 heteroatoms. The van der Waals surface area contributed by atoms with Crippen LogP contribution in [0.2, 0.25) is 0 Å². The fraction of sp³-hybridized carbons (Fsp3) is 0.625. The summed E-state index contributed by atoms with van der Waals surface area (Å²) < 4.78 is 15.0. The molecule has 0 radical (unpaired) electrons. The van der Waals surface area contributed by atoms with Crippen molar-refractivity contribution >= 4 is 5.97 Å². The summed E-state index contributed by atoms with van der Waals surface area (Å²) >= 11 is 0. The van der Waals surface area contributed by atoms with Gasteiger partial charge in [-0.1, -0.05) is 0 Å². The van der Waals surface area contributed by atoms with Crippen LogP contribution < -0.4 is 0 Å². The van der Waals surface area contributed by atoms with Gasteiger partial charge >= 0.3 is 5.97 Å². The van der Waals surface area contributed by atoms with Crippen LogP contribution in [-0.4, -0.2) is 57.5 Å². The van der Waals surface area contributed by atoms with Gasteiger partial charge in [-0.15, -0.1) is 0 Å². The van der Waals surface area contributed by atoms with Crippen molar-refractivity contribution in [1.29, 1.82) is 5.26 Å². The highest BCUT2D eigenvalue weighted by Gasteiger charge is 2.09. The molecule has 0 spiro atoms. The zero-order valence-corrected chi connectivity index (χ0v) is 13.1. The minimum atomic E-state index is -0.624. The van der Waals surface area contributed by atoms with Crippen molar-refractivity contribution in [3.63, 3.8) is 0 Å². The molecular formula is C16H24N2O4. The largest absolute Gasteiger partial charge is 0.459 e. The second-order valence-electron chi connectivity index (χ2n) is 4.87. The first-order valence-electron chi connectivity index (χ1n) is 7.54. The normalized spacial score (nSPS) is 15.8. The van der Waals surface area contributed by atoms with Gasteiger partial charge in [-0.2, -0.15) is 5.26 Å². The Bertz CT molecular complexity index is 420. The van der Waals surface area contributed by atoms with E-state index < -0.39 is 5.97 Å². The standard InChI is InChI=1S/C16H24N2O4/c1-20-10-11-21-12-13-22-16(19)15(14-17)6-5-9-18-7-3-2-4-8-18/h5-6,9H,2-4,7-8,10-13H2,1H3/b9-5+,15-6+. The molecule has 0 aromatic heterocycles. The average Bonchev–Trinajstić information content (AvgIpc) is 2.55. The van der Waals surface area contributed by atoms with Crippen molar-refractivity contribution in [3.05, 3.63) is 23.9 Å². The van der Waals surface area contributed by atoms with Crippen molar-refractivity contribution in [2.24, 2.45) is 0 Å². The van der Waals surface area contributed by atoms with E-state index in [0.29, 0.717) is 13.2 Å². The summed E-state index contributed by atoms with van der Waals surface area (Å²) in [5, 5.41) is 8.99. The molecule has 0 bridgehead atoms. The number of nitrogens with zero attached hydrogens (tertiary/aromatic N) is 2. The first-order valence-corrected chi connectivity index (χ1v) is 7.54.